The van der Waals surface area contributed by atoms with E-state index in [1.54, 1.807) is 24.3 Å². The van der Waals surface area contributed by atoms with Crippen LogP contribution in [0.25, 0.3) is 0 Å². The molecule has 4 nitrogen and oxygen atoms in total. The maximum absolute atomic E-state index is 11.9. The molecule has 1 aliphatic carbocycles. The summed E-state index contributed by atoms with van der Waals surface area (Å²) in [5.41, 5.74) is 0.464. The molecule has 1 aromatic rings. The van der Waals surface area contributed by atoms with Crippen molar-refractivity contribution in [1.82, 2.24) is 5.32 Å². The van der Waals surface area contributed by atoms with Crippen molar-refractivity contribution < 1.29 is 14.3 Å². The Labute approximate surface area is 119 Å². The molecule has 0 radical (unpaired) electrons. The molecule has 20 heavy (non-hydrogen) atoms. The third kappa shape index (κ3) is 3.83. The molecule has 0 bridgehead atoms. The minimum absolute atomic E-state index is 0.0475. The van der Waals surface area contributed by atoms with Crippen LogP contribution in [0, 0.1) is 5.92 Å². The molecule has 0 heterocycles. The van der Waals surface area contributed by atoms with Crippen molar-refractivity contribution in [3.05, 3.63) is 29.8 Å². The van der Waals surface area contributed by atoms with E-state index < -0.39 is 0 Å². The summed E-state index contributed by atoms with van der Waals surface area (Å²) in [6, 6.07) is 7.16. The Kier molecular flexibility index (Phi) is 5.16. The molecule has 0 aliphatic heterocycles. The van der Waals surface area contributed by atoms with Gasteiger partial charge in [0, 0.05) is 6.04 Å². The van der Waals surface area contributed by atoms with E-state index in [9.17, 15) is 9.59 Å². The van der Waals surface area contributed by atoms with Crippen molar-refractivity contribution in [3.63, 3.8) is 0 Å². The molecule has 0 unspecified atom stereocenters. The lowest BCUT2D eigenvalue weighted by Crippen LogP contribution is -2.43. The molecular weight excluding hydrogens is 254 g/mol. The highest BCUT2D eigenvalue weighted by Gasteiger charge is 2.22. The first kappa shape index (κ1) is 14.6. The number of ether oxygens (including phenoxy) is 1. The highest BCUT2D eigenvalue weighted by molar-refractivity contribution is 5.80. The van der Waals surface area contributed by atoms with E-state index >= 15 is 0 Å². The third-order valence-corrected chi connectivity index (χ3v) is 3.86. The van der Waals surface area contributed by atoms with Gasteiger partial charge < -0.3 is 10.1 Å². The first-order valence-corrected chi connectivity index (χ1v) is 7.17. The largest absolute Gasteiger partial charge is 0.483 e. The lowest BCUT2D eigenvalue weighted by molar-refractivity contribution is -0.124. The number of hydrogen-bond acceptors (Lipinski definition) is 3. The van der Waals surface area contributed by atoms with Gasteiger partial charge in [0.1, 0.15) is 5.75 Å². The van der Waals surface area contributed by atoms with Crippen LogP contribution < -0.4 is 10.1 Å². The third-order valence-electron chi connectivity index (χ3n) is 3.86. The SMILES string of the molecule is C[C@@H]1CCCC[C@H]1NC(=O)COc1ccccc1C=O. The lowest BCUT2D eigenvalue weighted by Gasteiger charge is -2.29. The summed E-state index contributed by atoms with van der Waals surface area (Å²) in [6.45, 7) is 2.13. The van der Waals surface area contributed by atoms with E-state index in [2.05, 4.69) is 12.2 Å². The van der Waals surface area contributed by atoms with Crippen LogP contribution in [0.2, 0.25) is 0 Å². The van der Waals surface area contributed by atoms with Gasteiger partial charge in [-0.25, -0.2) is 0 Å². The van der Waals surface area contributed by atoms with Gasteiger partial charge in [-0.15, -0.1) is 0 Å². The van der Waals surface area contributed by atoms with Crippen molar-refractivity contribution in [1.29, 1.82) is 0 Å². The summed E-state index contributed by atoms with van der Waals surface area (Å²) >= 11 is 0. The van der Waals surface area contributed by atoms with Gasteiger partial charge in [0.15, 0.2) is 12.9 Å². The molecule has 108 valence electrons. The number of hydrogen-bond donors (Lipinski definition) is 1. The van der Waals surface area contributed by atoms with Crippen LogP contribution in [0.4, 0.5) is 0 Å². The van der Waals surface area contributed by atoms with E-state index in [4.69, 9.17) is 4.74 Å². The topological polar surface area (TPSA) is 55.4 Å². The first-order valence-electron chi connectivity index (χ1n) is 7.17. The number of benzene rings is 1. The van der Waals surface area contributed by atoms with Gasteiger partial charge in [-0.05, 0) is 30.9 Å². The van der Waals surface area contributed by atoms with Gasteiger partial charge >= 0.3 is 0 Å². The highest BCUT2D eigenvalue weighted by atomic mass is 16.5. The van der Waals surface area contributed by atoms with Crippen molar-refractivity contribution in [3.8, 4) is 5.75 Å². The van der Waals surface area contributed by atoms with Crippen molar-refractivity contribution in [2.24, 2.45) is 5.92 Å². The molecule has 1 aliphatic rings. The van der Waals surface area contributed by atoms with E-state index in [-0.39, 0.29) is 18.6 Å². The normalized spacial score (nSPS) is 22.1. The van der Waals surface area contributed by atoms with E-state index in [0.29, 0.717) is 17.2 Å². The van der Waals surface area contributed by atoms with Crippen LogP contribution in [0.15, 0.2) is 24.3 Å². The second kappa shape index (κ2) is 7.08. The van der Waals surface area contributed by atoms with Gasteiger partial charge in [-0.1, -0.05) is 31.9 Å². The van der Waals surface area contributed by atoms with Crippen LogP contribution in [0.1, 0.15) is 43.0 Å². The maximum atomic E-state index is 11.9. The van der Waals surface area contributed by atoms with Gasteiger partial charge in [0.25, 0.3) is 5.91 Å². The zero-order valence-electron chi connectivity index (χ0n) is 11.8. The van der Waals surface area contributed by atoms with Crippen LogP contribution in [0.3, 0.4) is 0 Å². The summed E-state index contributed by atoms with van der Waals surface area (Å²) in [5.74, 6) is 0.855. The fourth-order valence-electron chi connectivity index (χ4n) is 2.63. The van der Waals surface area contributed by atoms with Crippen LogP contribution in [-0.4, -0.2) is 24.8 Å². The maximum Gasteiger partial charge on any atom is 0.258 e. The minimum atomic E-state index is -0.121. The first-order chi connectivity index (χ1) is 9.70. The molecule has 1 N–H and O–H groups in total. The van der Waals surface area contributed by atoms with Gasteiger partial charge in [-0.2, -0.15) is 0 Å². The number of rotatable bonds is 5. The summed E-state index contributed by atoms with van der Waals surface area (Å²) in [7, 11) is 0. The zero-order valence-corrected chi connectivity index (χ0v) is 11.8. The number of carbonyl (C=O) groups is 2. The predicted octanol–water partition coefficient (Wildman–Crippen LogP) is 2.57. The average molecular weight is 275 g/mol. The Balaban J connectivity index is 1.84. The van der Waals surface area contributed by atoms with Crippen LogP contribution in [-0.2, 0) is 4.79 Å². The Bertz CT molecular complexity index is 473. The second-order valence-electron chi connectivity index (χ2n) is 5.38. The fraction of sp³-hybridized carbons (Fsp3) is 0.500. The zero-order chi connectivity index (χ0) is 14.4. The molecule has 1 fully saturated rings. The van der Waals surface area contributed by atoms with E-state index in [1.165, 1.54) is 19.3 Å². The molecular formula is C16H21NO3. The molecule has 0 saturated heterocycles. The number of amides is 1. The number of para-hydroxylation sites is 1. The smallest absolute Gasteiger partial charge is 0.258 e. The number of aldehydes is 1. The molecule has 1 saturated carbocycles. The Morgan fingerprint density at radius 2 is 2.10 bits per heavy atom. The van der Waals surface area contributed by atoms with Crippen LogP contribution >= 0.6 is 0 Å². The number of nitrogens with one attached hydrogen (secondary N) is 1. The van der Waals surface area contributed by atoms with Crippen molar-refractivity contribution in [2.75, 3.05) is 6.61 Å². The summed E-state index contributed by atoms with van der Waals surface area (Å²) in [5, 5.41) is 3.02. The second-order valence-corrected chi connectivity index (χ2v) is 5.38. The molecule has 1 aromatic carbocycles. The van der Waals surface area contributed by atoms with Crippen molar-refractivity contribution >= 4 is 12.2 Å². The van der Waals surface area contributed by atoms with Gasteiger partial charge in [0.05, 0.1) is 5.56 Å². The van der Waals surface area contributed by atoms with Gasteiger partial charge in [-0.3, -0.25) is 9.59 Å². The summed E-state index contributed by atoms with van der Waals surface area (Å²) in [4.78, 5) is 22.8. The Morgan fingerprint density at radius 3 is 2.85 bits per heavy atom. The highest BCUT2D eigenvalue weighted by Crippen LogP contribution is 2.23. The van der Waals surface area contributed by atoms with E-state index in [1.807, 2.05) is 0 Å². The average Bonchev–Trinajstić information content (AvgIpc) is 2.48. The monoisotopic (exact) mass is 275 g/mol. The molecule has 1 amide bonds. The minimum Gasteiger partial charge on any atom is -0.483 e. The Hall–Kier alpha value is -1.84. The summed E-state index contributed by atoms with van der Waals surface area (Å²) in [6.07, 6.45) is 5.36. The van der Waals surface area contributed by atoms with Crippen molar-refractivity contribution in [2.45, 2.75) is 38.6 Å². The summed E-state index contributed by atoms with van der Waals surface area (Å²) < 4.78 is 5.42. The molecule has 0 aromatic heterocycles. The predicted molar refractivity (Wildman–Crippen MR) is 76.9 cm³/mol. The molecule has 2 atom stereocenters. The van der Waals surface area contributed by atoms with Crippen LogP contribution in [0.5, 0.6) is 5.75 Å². The standard InChI is InChI=1S/C16H21NO3/c1-12-6-2-4-8-14(12)17-16(19)11-20-15-9-5-3-7-13(15)10-18/h3,5,7,9-10,12,14H,2,4,6,8,11H2,1H3,(H,17,19)/t12-,14-/m1/s1. The molecule has 4 heteroatoms. The van der Waals surface area contributed by atoms with Gasteiger partial charge in [0.2, 0.25) is 0 Å². The quantitative estimate of drug-likeness (QED) is 0.840. The molecule has 2 rings (SSSR count). The lowest BCUT2D eigenvalue weighted by atomic mass is 9.86. The van der Waals surface area contributed by atoms with E-state index in [0.717, 1.165) is 12.7 Å². The molecule has 0 spiro atoms. The number of carbonyl (C=O) groups excluding carboxylic acids is 2. The Morgan fingerprint density at radius 1 is 1.35 bits per heavy atom. The fourth-order valence-corrected chi connectivity index (χ4v) is 2.63.